The average molecular weight is 463 g/mol. The van der Waals surface area contributed by atoms with E-state index in [9.17, 15) is 14.7 Å². The number of carbonyl (C=O) groups is 2. The van der Waals surface area contributed by atoms with Gasteiger partial charge in [-0.3, -0.25) is 4.79 Å². The molecule has 0 spiro atoms. The third-order valence-electron chi connectivity index (χ3n) is 5.42. The van der Waals surface area contributed by atoms with E-state index in [4.69, 9.17) is 9.47 Å². The second kappa shape index (κ2) is 13.2. The van der Waals surface area contributed by atoms with Crippen molar-refractivity contribution in [2.75, 3.05) is 20.3 Å². The molecular formula is C28H30O6. The molecule has 34 heavy (non-hydrogen) atoms. The summed E-state index contributed by atoms with van der Waals surface area (Å²) in [4.78, 5) is 22.9. The van der Waals surface area contributed by atoms with Crippen molar-refractivity contribution in [2.24, 2.45) is 0 Å². The number of benzene rings is 3. The number of aliphatic hydroxyl groups is 1. The fraction of sp³-hybridized carbons (Fsp3) is 0.286. The van der Waals surface area contributed by atoms with Crippen LogP contribution in [0.25, 0.3) is 0 Å². The van der Waals surface area contributed by atoms with Crippen molar-refractivity contribution in [1.82, 2.24) is 0 Å². The van der Waals surface area contributed by atoms with Gasteiger partial charge >= 0.3 is 5.97 Å². The first-order valence-corrected chi connectivity index (χ1v) is 11.4. The first-order chi connectivity index (χ1) is 16.6. The summed E-state index contributed by atoms with van der Waals surface area (Å²) in [6.45, 7) is 0.798. The van der Waals surface area contributed by atoms with Gasteiger partial charge in [0.25, 0.3) is 0 Å². The summed E-state index contributed by atoms with van der Waals surface area (Å²) in [7, 11) is 1.29. The van der Waals surface area contributed by atoms with Gasteiger partial charge in [0, 0.05) is 6.42 Å². The molecule has 0 saturated heterocycles. The maximum atomic E-state index is 11.6. The van der Waals surface area contributed by atoms with E-state index >= 15 is 0 Å². The summed E-state index contributed by atoms with van der Waals surface area (Å²) in [5.74, 6) is 0.623. The van der Waals surface area contributed by atoms with Crippen LogP contribution in [0.2, 0.25) is 0 Å². The number of methoxy groups -OCH3 is 1. The smallest absolute Gasteiger partial charge is 0.337 e. The molecule has 6 heteroatoms. The summed E-state index contributed by atoms with van der Waals surface area (Å²) in [6.07, 6.45) is 3.34. The van der Waals surface area contributed by atoms with Crippen molar-refractivity contribution >= 4 is 12.3 Å². The molecule has 3 aromatic rings. The van der Waals surface area contributed by atoms with Crippen LogP contribution >= 0.6 is 0 Å². The molecular weight excluding hydrogens is 432 g/mol. The maximum Gasteiger partial charge on any atom is 0.337 e. The van der Waals surface area contributed by atoms with Gasteiger partial charge in [-0.1, -0.05) is 42.5 Å². The third-order valence-corrected chi connectivity index (χ3v) is 5.42. The van der Waals surface area contributed by atoms with Gasteiger partial charge in [0.15, 0.2) is 6.29 Å². The highest BCUT2D eigenvalue weighted by Gasteiger charge is 2.11. The lowest BCUT2D eigenvalue weighted by atomic mass is 10.0. The second-order valence-corrected chi connectivity index (χ2v) is 7.88. The monoisotopic (exact) mass is 462 g/mol. The fourth-order valence-corrected chi connectivity index (χ4v) is 3.54. The van der Waals surface area contributed by atoms with Crippen molar-refractivity contribution in [2.45, 2.75) is 31.8 Å². The van der Waals surface area contributed by atoms with Crippen LogP contribution in [0.4, 0.5) is 0 Å². The molecule has 0 aliphatic rings. The molecule has 0 radical (unpaired) electrons. The Morgan fingerprint density at radius 2 is 1.68 bits per heavy atom. The Bertz CT molecular complexity index is 1050. The van der Waals surface area contributed by atoms with Gasteiger partial charge in [-0.05, 0) is 60.7 Å². The quantitative estimate of drug-likeness (QED) is 0.214. The molecule has 6 nitrogen and oxygen atoms in total. The molecule has 3 rings (SSSR count). The van der Waals surface area contributed by atoms with E-state index in [0.29, 0.717) is 49.2 Å². The molecule has 3 aromatic carbocycles. The van der Waals surface area contributed by atoms with Crippen molar-refractivity contribution in [1.29, 1.82) is 0 Å². The molecule has 0 saturated carbocycles. The SMILES string of the molecule is COC(=O)c1ccc(OCCCOc2ccc(C(O)CCCc3ccccc3)cc2)c(C=O)c1. The zero-order chi connectivity index (χ0) is 24.2. The predicted molar refractivity (Wildman–Crippen MR) is 130 cm³/mol. The van der Waals surface area contributed by atoms with E-state index in [1.54, 1.807) is 12.1 Å². The zero-order valence-corrected chi connectivity index (χ0v) is 19.3. The molecule has 0 aliphatic heterocycles. The molecule has 178 valence electrons. The van der Waals surface area contributed by atoms with Crippen LogP contribution in [0.15, 0.2) is 72.8 Å². The Labute approximate surface area is 200 Å². The topological polar surface area (TPSA) is 82.1 Å². The Hall–Kier alpha value is -3.64. The summed E-state index contributed by atoms with van der Waals surface area (Å²) in [6, 6.07) is 22.3. The van der Waals surface area contributed by atoms with E-state index in [2.05, 4.69) is 16.9 Å². The van der Waals surface area contributed by atoms with Gasteiger partial charge in [0.1, 0.15) is 11.5 Å². The van der Waals surface area contributed by atoms with E-state index in [1.807, 2.05) is 42.5 Å². The highest BCUT2D eigenvalue weighted by atomic mass is 16.5. The minimum atomic E-state index is -0.506. The molecule has 1 unspecified atom stereocenters. The van der Waals surface area contributed by atoms with Gasteiger partial charge in [-0.15, -0.1) is 0 Å². The van der Waals surface area contributed by atoms with E-state index in [1.165, 1.54) is 18.7 Å². The molecule has 0 bridgehead atoms. The van der Waals surface area contributed by atoms with Crippen LogP contribution in [0.3, 0.4) is 0 Å². The van der Waals surface area contributed by atoms with E-state index in [0.717, 1.165) is 24.2 Å². The minimum absolute atomic E-state index is 0.293. The highest BCUT2D eigenvalue weighted by Crippen LogP contribution is 2.23. The zero-order valence-electron chi connectivity index (χ0n) is 19.3. The Balaban J connectivity index is 1.37. The predicted octanol–water partition coefficient (Wildman–Crippen LogP) is 5.19. The van der Waals surface area contributed by atoms with Crippen LogP contribution in [0.1, 0.15) is 57.2 Å². The number of aldehydes is 1. The molecule has 0 aromatic heterocycles. The van der Waals surface area contributed by atoms with Crippen LogP contribution in [0.5, 0.6) is 11.5 Å². The lowest BCUT2D eigenvalue weighted by Crippen LogP contribution is -2.07. The lowest BCUT2D eigenvalue weighted by molar-refractivity contribution is 0.0600. The summed E-state index contributed by atoms with van der Waals surface area (Å²) >= 11 is 0. The maximum absolute atomic E-state index is 11.6. The van der Waals surface area contributed by atoms with Crippen molar-refractivity contribution in [3.63, 3.8) is 0 Å². The van der Waals surface area contributed by atoms with Gasteiger partial charge in [0.05, 0.1) is 37.6 Å². The molecule has 0 heterocycles. The number of esters is 1. The van der Waals surface area contributed by atoms with Gasteiger partial charge in [0.2, 0.25) is 0 Å². The van der Waals surface area contributed by atoms with Crippen LogP contribution in [-0.4, -0.2) is 37.7 Å². The first kappa shape index (κ1) is 25.0. The van der Waals surface area contributed by atoms with Crippen LogP contribution < -0.4 is 9.47 Å². The van der Waals surface area contributed by atoms with Crippen molar-refractivity contribution in [3.8, 4) is 11.5 Å². The van der Waals surface area contributed by atoms with E-state index < -0.39 is 12.1 Å². The Morgan fingerprint density at radius 3 is 2.38 bits per heavy atom. The molecule has 1 N–H and O–H groups in total. The first-order valence-electron chi connectivity index (χ1n) is 11.4. The standard InChI is InChI=1S/C28H30O6/c1-32-28(31)23-13-16-27(24(19-23)20-29)34-18-6-17-33-25-14-11-22(12-15-25)26(30)10-5-9-21-7-3-2-4-8-21/h2-4,7-8,11-16,19-20,26,30H,5-6,9-10,17-18H2,1H3. The highest BCUT2D eigenvalue weighted by molar-refractivity contribution is 5.92. The summed E-state index contributed by atoms with van der Waals surface area (Å²) < 4.78 is 16.1. The lowest BCUT2D eigenvalue weighted by Gasteiger charge is -2.13. The third kappa shape index (κ3) is 7.46. The average Bonchev–Trinajstić information content (AvgIpc) is 2.89. The van der Waals surface area contributed by atoms with Gasteiger partial charge in [-0.25, -0.2) is 4.79 Å². The second-order valence-electron chi connectivity index (χ2n) is 7.88. The number of ether oxygens (including phenoxy) is 3. The van der Waals surface area contributed by atoms with Crippen LogP contribution in [-0.2, 0) is 11.2 Å². The summed E-state index contributed by atoms with van der Waals surface area (Å²) in [5, 5.41) is 10.4. The Morgan fingerprint density at radius 1 is 0.941 bits per heavy atom. The number of hydrogen-bond donors (Lipinski definition) is 1. The molecule has 0 fully saturated rings. The number of rotatable bonds is 13. The number of aliphatic hydroxyl groups excluding tert-OH is 1. The van der Waals surface area contributed by atoms with E-state index in [-0.39, 0.29) is 0 Å². The number of carbonyl (C=O) groups excluding carboxylic acids is 2. The molecule has 0 aliphatic carbocycles. The number of aryl methyl sites for hydroxylation is 1. The molecule has 0 amide bonds. The van der Waals surface area contributed by atoms with Crippen molar-refractivity contribution < 1.29 is 28.9 Å². The largest absolute Gasteiger partial charge is 0.493 e. The van der Waals surface area contributed by atoms with Crippen LogP contribution in [0, 0.1) is 0 Å². The van der Waals surface area contributed by atoms with Gasteiger partial charge in [-0.2, -0.15) is 0 Å². The number of hydrogen-bond acceptors (Lipinski definition) is 6. The van der Waals surface area contributed by atoms with Crippen molar-refractivity contribution in [3.05, 3.63) is 95.1 Å². The fourth-order valence-electron chi connectivity index (χ4n) is 3.54. The normalized spacial score (nSPS) is 11.5. The Kier molecular flexibility index (Phi) is 9.67. The minimum Gasteiger partial charge on any atom is -0.493 e. The molecule has 1 atom stereocenters. The van der Waals surface area contributed by atoms with Gasteiger partial charge < -0.3 is 19.3 Å². The summed E-state index contributed by atoms with van der Waals surface area (Å²) in [5.41, 5.74) is 2.75.